The van der Waals surface area contributed by atoms with Crippen LogP contribution in [0.3, 0.4) is 0 Å². The van der Waals surface area contributed by atoms with Crippen molar-refractivity contribution in [3.8, 4) is 5.88 Å². The van der Waals surface area contributed by atoms with Gasteiger partial charge >= 0.3 is 0 Å². The van der Waals surface area contributed by atoms with E-state index in [-0.39, 0.29) is 5.91 Å². The van der Waals surface area contributed by atoms with Crippen LogP contribution in [0.15, 0.2) is 18.3 Å². The van der Waals surface area contributed by atoms with Gasteiger partial charge in [0.15, 0.2) is 0 Å². The number of piperidine rings is 1. The summed E-state index contributed by atoms with van der Waals surface area (Å²) in [5.74, 6) is 1.20. The lowest BCUT2D eigenvalue weighted by atomic mass is 9.71. The molecule has 1 atom stereocenters. The number of carbonyl (C=O) groups is 1. The molecule has 1 unspecified atom stereocenters. The van der Waals surface area contributed by atoms with Crippen LogP contribution in [-0.2, 0) is 4.74 Å². The van der Waals surface area contributed by atoms with Gasteiger partial charge in [-0.15, -0.1) is 0 Å². The topological polar surface area (TPSA) is 54.9 Å². The first kappa shape index (κ1) is 18.7. The normalized spacial score (nSPS) is 25.6. The number of nitrogens with zero attached hydrogens (tertiary/aromatic N) is 3. The van der Waals surface area contributed by atoms with Gasteiger partial charge in [-0.25, -0.2) is 4.98 Å². The molecule has 3 heterocycles. The zero-order valence-corrected chi connectivity index (χ0v) is 16.5. The Hall–Kier alpha value is -1.66. The lowest BCUT2D eigenvalue weighted by Crippen LogP contribution is -2.47. The van der Waals surface area contributed by atoms with E-state index in [9.17, 15) is 4.79 Å². The highest BCUT2D eigenvalue weighted by Gasteiger charge is 2.50. The second-order valence-corrected chi connectivity index (χ2v) is 8.41. The minimum absolute atomic E-state index is 0.0807. The van der Waals surface area contributed by atoms with Gasteiger partial charge in [-0.2, -0.15) is 0 Å². The molecular weight excluding hydrogens is 342 g/mol. The van der Waals surface area contributed by atoms with E-state index in [1.807, 2.05) is 12.0 Å². The first-order valence-electron chi connectivity index (χ1n) is 10.2. The van der Waals surface area contributed by atoms with Crippen LogP contribution >= 0.6 is 0 Å². The fraction of sp³-hybridized carbons (Fsp3) is 0.714. The van der Waals surface area contributed by atoms with E-state index in [1.165, 1.54) is 25.8 Å². The SMILES string of the molecule is COCC1CN(C2CCC2)CC12CCN(C(=O)c1ccc(OC)nc1)CC2. The van der Waals surface area contributed by atoms with Gasteiger partial charge in [0.25, 0.3) is 5.91 Å². The maximum Gasteiger partial charge on any atom is 0.255 e. The highest BCUT2D eigenvalue weighted by Crippen LogP contribution is 2.47. The van der Waals surface area contributed by atoms with Gasteiger partial charge in [0, 0.05) is 57.5 Å². The number of hydrogen-bond acceptors (Lipinski definition) is 5. The number of hydrogen-bond donors (Lipinski definition) is 0. The molecular formula is C21H31N3O3. The fourth-order valence-electron chi connectivity index (χ4n) is 5.07. The molecule has 6 heteroatoms. The average Bonchev–Trinajstić information content (AvgIpc) is 2.98. The lowest BCUT2D eigenvalue weighted by Gasteiger charge is -2.43. The third-order valence-corrected chi connectivity index (χ3v) is 7.04. The zero-order valence-electron chi connectivity index (χ0n) is 16.5. The molecule has 3 aliphatic rings. The van der Waals surface area contributed by atoms with Crippen molar-refractivity contribution in [1.82, 2.24) is 14.8 Å². The monoisotopic (exact) mass is 373 g/mol. The summed E-state index contributed by atoms with van der Waals surface area (Å²) in [6, 6.07) is 4.34. The van der Waals surface area contributed by atoms with Crippen LogP contribution < -0.4 is 4.74 Å². The summed E-state index contributed by atoms with van der Waals surface area (Å²) in [5, 5.41) is 0. The van der Waals surface area contributed by atoms with Gasteiger partial charge < -0.3 is 14.4 Å². The molecule has 0 bridgehead atoms. The Kier molecular flexibility index (Phi) is 5.37. The molecule has 0 aromatic carbocycles. The first-order valence-corrected chi connectivity index (χ1v) is 10.2. The Bertz CT molecular complexity index is 651. The summed E-state index contributed by atoms with van der Waals surface area (Å²) < 4.78 is 10.7. The van der Waals surface area contributed by atoms with E-state index in [0.29, 0.717) is 22.8 Å². The molecule has 0 radical (unpaired) electrons. The third-order valence-electron chi connectivity index (χ3n) is 7.04. The third kappa shape index (κ3) is 3.57. The van der Waals surface area contributed by atoms with E-state index in [4.69, 9.17) is 9.47 Å². The van der Waals surface area contributed by atoms with Crippen molar-refractivity contribution in [1.29, 1.82) is 0 Å². The molecule has 3 fully saturated rings. The van der Waals surface area contributed by atoms with E-state index in [0.717, 1.165) is 45.1 Å². The Balaban J connectivity index is 1.40. The van der Waals surface area contributed by atoms with Gasteiger partial charge in [0.05, 0.1) is 19.3 Å². The molecule has 27 heavy (non-hydrogen) atoms. The summed E-state index contributed by atoms with van der Waals surface area (Å²) in [6.07, 6.45) is 7.84. The second kappa shape index (κ2) is 7.76. The summed E-state index contributed by atoms with van der Waals surface area (Å²) in [7, 11) is 3.40. The second-order valence-electron chi connectivity index (χ2n) is 8.41. The highest BCUT2D eigenvalue weighted by atomic mass is 16.5. The van der Waals surface area contributed by atoms with Crippen LogP contribution in [-0.4, -0.2) is 73.7 Å². The maximum atomic E-state index is 12.8. The summed E-state index contributed by atoms with van der Waals surface area (Å²) >= 11 is 0. The highest BCUT2D eigenvalue weighted by molar-refractivity contribution is 5.94. The van der Waals surface area contributed by atoms with Crippen molar-refractivity contribution in [2.45, 2.75) is 38.1 Å². The van der Waals surface area contributed by atoms with E-state index in [2.05, 4.69) is 9.88 Å². The smallest absolute Gasteiger partial charge is 0.255 e. The van der Waals surface area contributed by atoms with Crippen molar-refractivity contribution < 1.29 is 14.3 Å². The molecule has 2 saturated heterocycles. The van der Waals surface area contributed by atoms with E-state index < -0.39 is 0 Å². The van der Waals surface area contributed by atoms with Crippen LogP contribution in [0.4, 0.5) is 0 Å². The van der Waals surface area contributed by atoms with Crippen LogP contribution in [0.2, 0.25) is 0 Å². The van der Waals surface area contributed by atoms with Gasteiger partial charge in [-0.3, -0.25) is 9.69 Å². The molecule has 148 valence electrons. The number of methoxy groups -OCH3 is 2. The zero-order chi connectivity index (χ0) is 18.9. The van der Waals surface area contributed by atoms with Crippen molar-refractivity contribution in [2.24, 2.45) is 11.3 Å². The maximum absolute atomic E-state index is 12.8. The number of pyridine rings is 1. The number of ether oxygens (including phenoxy) is 2. The number of likely N-dealkylation sites (tertiary alicyclic amines) is 2. The lowest BCUT2D eigenvalue weighted by molar-refractivity contribution is 0.0312. The van der Waals surface area contributed by atoms with Crippen molar-refractivity contribution in [2.75, 3.05) is 47.0 Å². The fourth-order valence-corrected chi connectivity index (χ4v) is 5.07. The van der Waals surface area contributed by atoms with Gasteiger partial charge in [-0.05, 0) is 37.2 Å². The number of rotatable bonds is 5. The molecule has 1 saturated carbocycles. The predicted octanol–water partition coefficient (Wildman–Crippen LogP) is 2.44. The van der Waals surface area contributed by atoms with Crippen molar-refractivity contribution in [3.05, 3.63) is 23.9 Å². The van der Waals surface area contributed by atoms with Gasteiger partial charge in [0.1, 0.15) is 0 Å². The van der Waals surface area contributed by atoms with Crippen LogP contribution in [0.25, 0.3) is 0 Å². The van der Waals surface area contributed by atoms with Crippen molar-refractivity contribution in [3.63, 3.8) is 0 Å². The molecule has 1 spiro atoms. The molecule has 1 aromatic heterocycles. The van der Waals surface area contributed by atoms with Crippen LogP contribution in [0.1, 0.15) is 42.5 Å². The molecule has 6 nitrogen and oxygen atoms in total. The average molecular weight is 373 g/mol. The Labute approximate surface area is 161 Å². The number of carbonyl (C=O) groups excluding carboxylic acids is 1. The summed E-state index contributed by atoms with van der Waals surface area (Å²) in [4.78, 5) is 21.7. The Morgan fingerprint density at radius 1 is 1.26 bits per heavy atom. The Morgan fingerprint density at radius 3 is 2.59 bits per heavy atom. The predicted molar refractivity (Wildman–Crippen MR) is 103 cm³/mol. The van der Waals surface area contributed by atoms with E-state index in [1.54, 1.807) is 25.4 Å². The molecule has 1 aliphatic carbocycles. The standard InChI is InChI=1S/C21H31N3O3/c1-26-14-17-13-24(18-4-3-5-18)15-21(17)8-10-23(11-9-21)20(25)16-6-7-19(27-2)22-12-16/h6-7,12,17-18H,3-5,8-11,13-15H2,1-2H3. The minimum Gasteiger partial charge on any atom is -0.481 e. The van der Waals surface area contributed by atoms with Crippen LogP contribution in [0, 0.1) is 11.3 Å². The number of aromatic nitrogens is 1. The Morgan fingerprint density at radius 2 is 2.04 bits per heavy atom. The number of amides is 1. The first-order chi connectivity index (χ1) is 13.1. The summed E-state index contributed by atoms with van der Waals surface area (Å²) in [5.41, 5.74) is 0.947. The molecule has 2 aliphatic heterocycles. The summed E-state index contributed by atoms with van der Waals surface area (Å²) in [6.45, 7) is 4.82. The largest absolute Gasteiger partial charge is 0.481 e. The van der Waals surface area contributed by atoms with Crippen LogP contribution in [0.5, 0.6) is 5.88 Å². The van der Waals surface area contributed by atoms with Crippen molar-refractivity contribution >= 4 is 5.91 Å². The molecule has 0 N–H and O–H groups in total. The molecule has 1 aromatic rings. The van der Waals surface area contributed by atoms with Gasteiger partial charge in [0.2, 0.25) is 5.88 Å². The van der Waals surface area contributed by atoms with Gasteiger partial charge in [-0.1, -0.05) is 6.42 Å². The van der Waals surface area contributed by atoms with E-state index >= 15 is 0 Å². The minimum atomic E-state index is 0.0807. The molecule has 4 rings (SSSR count). The molecule has 1 amide bonds. The quantitative estimate of drug-likeness (QED) is 0.794.